The average Bonchev–Trinajstić information content (AvgIpc) is 2.44. The number of benzene rings is 1. The lowest BCUT2D eigenvalue weighted by atomic mass is 10.2. The van der Waals surface area contributed by atoms with Crippen LogP contribution in [0.1, 0.15) is 5.56 Å². The van der Waals surface area contributed by atoms with Crippen molar-refractivity contribution in [1.29, 1.82) is 0 Å². The highest BCUT2D eigenvalue weighted by atomic mass is 79.9. The van der Waals surface area contributed by atoms with Gasteiger partial charge in [-0.3, -0.25) is 4.79 Å². The van der Waals surface area contributed by atoms with Crippen LogP contribution in [0.15, 0.2) is 28.7 Å². The van der Waals surface area contributed by atoms with Gasteiger partial charge in [-0.2, -0.15) is 0 Å². The topological polar surface area (TPSA) is 67.8 Å². The highest BCUT2D eigenvalue weighted by molar-refractivity contribution is 9.10. The Bertz CT molecular complexity index is 476. The normalized spacial score (nSPS) is 12.4. The molecule has 1 amide bonds. The van der Waals surface area contributed by atoms with E-state index < -0.39 is 6.04 Å². The number of rotatable bonds is 7. The standard InChI is InChI=1S/C14H18BrNO4/c1-19-9-12(8-17)16-14(18)6-3-10-7-11(15)4-5-13(10)20-2/h3-7,12,17H,8-9H2,1-2H3,(H,16,18)/b6-3+. The molecule has 1 atom stereocenters. The predicted molar refractivity (Wildman–Crippen MR) is 80.6 cm³/mol. The van der Waals surface area contributed by atoms with Crippen molar-refractivity contribution < 1.29 is 19.4 Å². The molecule has 20 heavy (non-hydrogen) atoms. The van der Waals surface area contributed by atoms with Crippen molar-refractivity contribution in [3.8, 4) is 5.75 Å². The van der Waals surface area contributed by atoms with Crippen LogP contribution < -0.4 is 10.1 Å². The average molecular weight is 344 g/mol. The summed E-state index contributed by atoms with van der Waals surface area (Å²) in [5, 5.41) is 11.7. The molecular weight excluding hydrogens is 326 g/mol. The number of aliphatic hydroxyl groups excluding tert-OH is 1. The molecule has 0 aromatic heterocycles. The van der Waals surface area contributed by atoms with Crippen LogP contribution in [0, 0.1) is 0 Å². The summed E-state index contributed by atoms with van der Waals surface area (Å²) in [5.74, 6) is 0.371. The summed E-state index contributed by atoms with van der Waals surface area (Å²) in [4.78, 5) is 11.7. The van der Waals surface area contributed by atoms with Crippen LogP contribution >= 0.6 is 15.9 Å². The minimum Gasteiger partial charge on any atom is -0.496 e. The molecule has 0 spiro atoms. The van der Waals surface area contributed by atoms with E-state index in [1.54, 1.807) is 13.2 Å². The fourth-order valence-electron chi connectivity index (χ4n) is 1.59. The first-order chi connectivity index (χ1) is 9.60. The summed E-state index contributed by atoms with van der Waals surface area (Å²) in [6, 6.07) is 5.10. The number of carbonyl (C=O) groups excluding carboxylic acids is 1. The van der Waals surface area contributed by atoms with Crippen molar-refractivity contribution in [2.75, 3.05) is 27.4 Å². The van der Waals surface area contributed by atoms with Gasteiger partial charge in [0.25, 0.3) is 0 Å². The molecule has 0 saturated carbocycles. The minimum absolute atomic E-state index is 0.173. The lowest BCUT2D eigenvalue weighted by Crippen LogP contribution is -2.39. The molecule has 1 rings (SSSR count). The number of aliphatic hydroxyl groups is 1. The number of nitrogens with one attached hydrogen (secondary N) is 1. The third-order valence-corrected chi connectivity index (χ3v) is 3.03. The van der Waals surface area contributed by atoms with Gasteiger partial charge in [0.15, 0.2) is 0 Å². The van der Waals surface area contributed by atoms with E-state index in [9.17, 15) is 4.79 Å². The molecule has 6 heteroatoms. The van der Waals surface area contributed by atoms with Crippen LogP contribution in [0.4, 0.5) is 0 Å². The first-order valence-corrected chi connectivity index (χ1v) is 6.82. The molecular formula is C14H18BrNO4. The van der Waals surface area contributed by atoms with E-state index in [2.05, 4.69) is 21.2 Å². The summed E-state index contributed by atoms with van der Waals surface area (Å²) < 4.78 is 11.0. The van der Waals surface area contributed by atoms with Crippen molar-refractivity contribution in [3.63, 3.8) is 0 Å². The second-order valence-corrected chi connectivity index (χ2v) is 4.98. The second-order valence-electron chi connectivity index (χ2n) is 4.06. The maximum absolute atomic E-state index is 11.7. The molecule has 5 nitrogen and oxygen atoms in total. The van der Waals surface area contributed by atoms with E-state index in [0.29, 0.717) is 5.75 Å². The van der Waals surface area contributed by atoms with Crippen molar-refractivity contribution in [3.05, 3.63) is 34.3 Å². The number of ether oxygens (including phenoxy) is 2. The monoisotopic (exact) mass is 343 g/mol. The Morgan fingerprint density at radius 3 is 2.85 bits per heavy atom. The van der Waals surface area contributed by atoms with Gasteiger partial charge in [0, 0.05) is 23.2 Å². The fraction of sp³-hybridized carbons (Fsp3) is 0.357. The van der Waals surface area contributed by atoms with Gasteiger partial charge in [0.05, 0.1) is 26.4 Å². The van der Waals surface area contributed by atoms with Gasteiger partial charge in [-0.05, 0) is 24.3 Å². The van der Waals surface area contributed by atoms with Crippen molar-refractivity contribution in [2.45, 2.75) is 6.04 Å². The smallest absolute Gasteiger partial charge is 0.244 e. The number of carbonyl (C=O) groups is 1. The molecule has 1 unspecified atom stereocenters. The van der Waals surface area contributed by atoms with E-state index in [1.165, 1.54) is 13.2 Å². The lowest BCUT2D eigenvalue weighted by Gasteiger charge is -2.13. The molecule has 2 N–H and O–H groups in total. The number of hydrogen-bond donors (Lipinski definition) is 2. The number of halogens is 1. The van der Waals surface area contributed by atoms with Gasteiger partial charge in [-0.25, -0.2) is 0 Å². The molecule has 0 aliphatic rings. The van der Waals surface area contributed by atoms with Gasteiger partial charge in [-0.1, -0.05) is 15.9 Å². The quantitative estimate of drug-likeness (QED) is 0.738. The Labute approximate surface area is 126 Å². The Balaban J connectivity index is 2.72. The molecule has 0 heterocycles. The summed E-state index contributed by atoms with van der Waals surface area (Å²) in [6.45, 7) is 0.0872. The van der Waals surface area contributed by atoms with Crippen molar-refractivity contribution >= 4 is 27.9 Å². The summed E-state index contributed by atoms with van der Waals surface area (Å²) in [6.07, 6.45) is 3.04. The SMILES string of the molecule is COCC(CO)NC(=O)/C=C/c1cc(Br)ccc1OC. The first kappa shape index (κ1) is 16.7. The van der Waals surface area contributed by atoms with Gasteiger partial charge in [0.1, 0.15) is 5.75 Å². The zero-order chi connectivity index (χ0) is 15.0. The number of methoxy groups -OCH3 is 2. The molecule has 0 radical (unpaired) electrons. The Hall–Kier alpha value is -1.37. The van der Waals surface area contributed by atoms with Crippen molar-refractivity contribution in [2.24, 2.45) is 0 Å². The summed E-state index contributed by atoms with van der Waals surface area (Å²) in [5.41, 5.74) is 0.782. The van der Waals surface area contributed by atoms with E-state index in [-0.39, 0.29) is 19.1 Å². The molecule has 0 aliphatic carbocycles. The maximum atomic E-state index is 11.7. The Morgan fingerprint density at radius 1 is 1.50 bits per heavy atom. The van der Waals surface area contributed by atoms with E-state index in [4.69, 9.17) is 14.6 Å². The van der Waals surface area contributed by atoms with Gasteiger partial charge < -0.3 is 19.9 Å². The molecule has 1 aromatic rings. The van der Waals surface area contributed by atoms with Crippen LogP contribution in [0.2, 0.25) is 0 Å². The van der Waals surface area contributed by atoms with Crippen LogP contribution in [-0.2, 0) is 9.53 Å². The third kappa shape index (κ3) is 5.32. The Morgan fingerprint density at radius 2 is 2.25 bits per heavy atom. The van der Waals surface area contributed by atoms with Crippen LogP contribution in [-0.4, -0.2) is 44.5 Å². The third-order valence-electron chi connectivity index (χ3n) is 2.54. The molecule has 0 fully saturated rings. The molecule has 110 valence electrons. The summed E-state index contributed by atoms with van der Waals surface area (Å²) >= 11 is 3.36. The zero-order valence-corrected chi connectivity index (χ0v) is 13.0. The lowest BCUT2D eigenvalue weighted by molar-refractivity contribution is -0.117. The summed E-state index contributed by atoms with van der Waals surface area (Å²) in [7, 11) is 3.08. The van der Waals surface area contributed by atoms with Crippen LogP contribution in [0.25, 0.3) is 6.08 Å². The van der Waals surface area contributed by atoms with E-state index in [1.807, 2.05) is 18.2 Å². The molecule has 0 bridgehead atoms. The zero-order valence-electron chi connectivity index (χ0n) is 11.4. The number of hydrogen-bond acceptors (Lipinski definition) is 4. The van der Waals surface area contributed by atoms with E-state index >= 15 is 0 Å². The Kier molecular flexibility index (Phi) is 7.28. The highest BCUT2D eigenvalue weighted by Gasteiger charge is 2.09. The maximum Gasteiger partial charge on any atom is 0.244 e. The molecule has 0 aliphatic heterocycles. The largest absolute Gasteiger partial charge is 0.496 e. The number of amides is 1. The van der Waals surface area contributed by atoms with Crippen molar-refractivity contribution in [1.82, 2.24) is 5.32 Å². The highest BCUT2D eigenvalue weighted by Crippen LogP contribution is 2.23. The van der Waals surface area contributed by atoms with Crippen LogP contribution in [0.5, 0.6) is 5.75 Å². The second kappa shape index (κ2) is 8.73. The fourth-order valence-corrected chi connectivity index (χ4v) is 1.97. The molecule has 1 aromatic carbocycles. The van der Waals surface area contributed by atoms with Crippen LogP contribution in [0.3, 0.4) is 0 Å². The van der Waals surface area contributed by atoms with Gasteiger partial charge in [0.2, 0.25) is 5.91 Å². The first-order valence-electron chi connectivity index (χ1n) is 6.02. The van der Waals surface area contributed by atoms with Gasteiger partial charge >= 0.3 is 0 Å². The van der Waals surface area contributed by atoms with Gasteiger partial charge in [-0.15, -0.1) is 0 Å². The molecule has 0 saturated heterocycles. The van der Waals surface area contributed by atoms with E-state index in [0.717, 1.165) is 10.0 Å². The predicted octanol–water partition coefficient (Wildman–Crippen LogP) is 1.59. The minimum atomic E-state index is -0.415.